The van der Waals surface area contributed by atoms with Gasteiger partial charge in [-0.3, -0.25) is 4.90 Å². The molecule has 1 aliphatic heterocycles. The molecule has 2 heterocycles. The number of furan rings is 1. The van der Waals surface area contributed by atoms with E-state index in [9.17, 15) is 0 Å². The minimum Gasteiger partial charge on any atom is -0.472 e. The molecule has 3 nitrogen and oxygen atoms in total. The average molecular weight is 262 g/mol. The lowest BCUT2D eigenvalue weighted by atomic mass is 9.79. The zero-order valence-electron chi connectivity index (χ0n) is 12.0. The van der Waals surface area contributed by atoms with Gasteiger partial charge in [-0.1, -0.05) is 26.2 Å². The Labute approximate surface area is 116 Å². The van der Waals surface area contributed by atoms with Gasteiger partial charge in [0.1, 0.15) is 0 Å². The Bertz CT molecular complexity index is 381. The summed E-state index contributed by atoms with van der Waals surface area (Å²) in [7, 11) is 0. The van der Waals surface area contributed by atoms with Crippen LogP contribution in [0.3, 0.4) is 0 Å². The van der Waals surface area contributed by atoms with E-state index in [2.05, 4.69) is 23.2 Å². The first-order valence-corrected chi connectivity index (χ1v) is 7.81. The Kier molecular flexibility index (Phi) is 3.94. The molecule has 106 valence electrons. The van der Waals surface area contributed by atoms with Gasteiger partial charge in [-0.15, -0.1) is 0 Å². The zero-order valence-corrected chi connectivity index (χ0v) is 12.0. The van der Waals surface area contributed by atoms with E-state index in [-0.39, 0.29) is 0 Å². The fourth-order valence-electron chi connectivity index (χ4n) is 3.81. The van der Waals surface area contributed by atoms with Gasteiger partial charge < -0.3 is 9.73 Å². The molecule has 0 amide bonds. The van der Waals surface area contributed by atoms with Crippen LogP contribution in [-0.2, 0) is 6.54 Å². The van der Waals surface area contributed by atoms with Crippen molar-refractivity contribution in [1.29, 1.82) is 0 Å². The zero-order chi connectivity index (χ0) is 13.1. The Balaban J connectivity index is 1.70. The summed E-state index contributed by atoms with van der Waals surface area (Å²) in [6.07, 6.45) is 11.8. The van der Waals surface area contributed by atoms with Gasteiger partial charge in [-0.25, -0.2) is 0 Å². The van der Waals surface area contributed by atoms with Gasteiger partial charge in [0.2, 0.25) is 0 Å². The lowest BCUT2D eigenvalue weighted by molar-refractivity contribution is 0.0483. The van der Waals surface area contributed by atoms with Crippen LogP contribution in [0.5, 0.6) is 0 Å². The quantitative estimate of drug-likeness (QED) is 0.907. The molecule has 1 aliphatic carbocycles. The predicted molar refractivity (Wildman–Crippen MR) is 77.0 cm³/mol. The lowest BCUT2D eigenvalue weighted by Gasteiger charge is -2.49. The summed E-state index contributed by atoms with van der Waals surface area (Å²) in [5, 5.41) is 3.88. The summed E-state index contributed by atoms with van der Waals surface area (Å²) in [6, 6.07) is 2.77. The highest BCUT2D eigenvalue weighted by atomic mass is 16.3. The summed E-state index contributed by atoms with van der Waals surface area (Å²) in [5.41, 5.74) is 1.71. The fraction of sp³-hybridized carbons (Fsp3) is 0.750. The molecule has 0 aromatic carbocycles. The van der Waals surface area contributed by atoms with Crippen LogP contribution in [0.2, 0.25) is 0 Å². The molecule has 1 unspecified atom stereocenters. The third-order valence-corrected chi connectivity index (χ3v) is 4.98. The molecule has 1 saturated heterocycles. The first-order valence-electron chi connectivity index (χ1n) is 7.81. The smallest absolute Gasteiger partial charge is 0.0947 e. The highest BCUT2D eigenvalue weighted by Crippen LogP contribution is 2.32. The van der Waals surface area contributed by atoms with E-state index in [1.165, 1.54) is 50.6 Å². The predicted octanol–water partition coefficient (Wildman–Crippen LogP) is 3.17. The molecule has 2 aliphatic rings. The number of nitrogens with one attached hydrogen (secondary N) is 1. The van der Waals surface area contributed by atoms with Crippen LogP contribution in [0.1, 0.15) is 51.0 Å². The molecule has 3 rings (SSSR count). The normalized spacial score (nSPS) is 27.7. The Morgan fingerprint density at radius 3 is 2.89 bits per heavy atom. The van der Waals surface area contributed by atoms with E-state index < -0.39 is 0 Å². The molecule has 0 radical (unpaired) electrons. The van der Waals surface area contributed by atoms with E-state index in [1.54, 1.807) is 6.26 Å². The highest BCUT2D eigenvalue weighted by Gasteiger charge is 2.39. The molecular weight excluding hydrogens is 236 g/mol. The Morgan fingerprint density at radius 1 is 1.37 bits per heavy atom. The van der Waals surface area contributed by atoms with E-state index in [0.717, 1.165) is 13.1 Å². The van der Waals surface area contributed by atoms with Crippen LogP contribution in [0.15, 0.2) is 23.0 Å². The number of hydrogen-bond donors (Lipinski definition) is 1. The van der Waals surface area contributed by atoms with Crippen LogP contribution in [0.25, 0.3) is 0 Å². The average Bonchev–Trinajstić information content (AvgIpc) is 2.93. The topological polar surface area (TPSA) is 28.4 Å². The van der Waals surface area contributed by atoms with E-state index >= 15 is 0 Å². The van der Waals surface area contributed by atoms with Gasteiger partial charge in [0.15, 0.2) is 0 Å². The SMILES string of the molecule is CCC1CNC2(CCCCC2)CN1Cc1ccoc1. The molecule has 3 heteroatoms. The van der Waals surface area contributed by atoms with Crippen molar-refractivity contribution < 1.29 is 4.42 Å². The molecule has 1 spiro atoms. The molecule has 2 fully saturated rings. The van der Waals surface area contributed by atoms with Crippen molar-refractivity contribution in [1.82, 2.24) is 10.2 Å². The molecule has 1 N–H and O–H groups in total. The summed E-state index contributed by atoms with van der Waals surface area (Å²) in [4.78, 5) is 2.67. The molecule has 1 aromatic heterocycles. The summed E-state index contributed by atoms with van der Waals surface area (Å²) in [6.45, 7) is 5.69. The second kappa shape index (κ2) is 5.68. The number of piperazine rings is 1. The first-order chi connectivity index (χ1) is 9.31. The lowest BCUT2D eigenvalue weighted by Crippen LogP contribution is -2.64. The highest BCUT2D eigenvalue weighted by molar-refractivity contribution is 5.08. The van der Waals surface area contributed by atoms with Crippen molar-refractivity contribution in [2.75, 3.05) is 13.1 Å². The van der Waals surface area contributed by atoms with Crippen LogP contribution >= 0.6 is 0 Å². The summed E-state index contributed by atoms with van der Waals surface area (Å²) < 4.78 is 5.22. The van der Waals surface area contributed by atoms with Crippen molar-refractivity contribution >= 4 is 0 Å². The summed E-state index contributed by atoms with van der Waals surface area (Å²) >= 11 is 0. The van der Waals surface area contributed by atoms with Crippen LogP contribution in [-0.4, -0.2) is 29.6 Å². The van der Waals surface area contributed by atoms with Gasteiger partial charge in [0, 0.05) is 36.8 Å². The van der Waals surface area contributed by atoms with E-state index in [1.807, 2.05) is 6.26 Å². The van der Waals surface area contributed by atoms with Crippen molar-refractivity contribution in [2.24, 2.45) is 0 Å². The van der Waals surface area contributed by atoms with Crippen LogP contribution in [0.4, 0.5) is 0 Å². The van der Waals surface area contributed by atoms with Crippen LogP contribution in [0, 0.1) is 0 Å². The maximum atomic E-state index is 5.22. The Morgan fingerprint density at radius 2 is 2.21 bits per heavy atom. The van der Waals surface area contributed by atoms with Crippen molar-refractivity contribution in [3.05, 3.63) is 24.2 Å². The molecule has 19 heavy (non-hydrogen) atoms. The maximum Gasteiger partial charge on any atom is 0.0947 e. The molecular formula is C16H26N2O. The number of nitrogens with zero attached hydrogens (tertiary/aromatic N) is 1. The van der Waals surface area contributed by atoms with Crippen molar-refractivity contribution in [3.63, 3.8) is 0 Å². The van der Waals surface area contributed by atoms with Gasteiger partial charge >= 0.3 is 0 Å². The van der Waals surface area contributed by atoms with Crippen molar-refractivity contribution in [3.8, 4) is 0 Å². The largest absolute Gasteiger partial charge is 0.472 e. The fourth-order valence-corrected chi connectivity index (χ4v) is 3.81. The molecule has 0 bridgehead atoms. The first kappa shape index (κ1) is 13.2. The second-order valence-corrected chi connectivity index (χ2v) is 6.32. The Hall–Kier alpha value is -0.800. The molecule has 1 atom stereocenters. The maximum absolute atomic E-state index is 5.22. The number of hydrogen-bond acceptors (Lipinski definition) is 3. The van der Waals surface area contributed by atoms with E-state index in [0.29, 0.717) is 11.6 Å². The van der Waals surface area contributed by atoms with Gasteiger partial charge in [-0.05, 0) is 25.3 Å². The number of rotatable bonds is 3. The van der Waals surface area contributed by atoms with Gasteiger partial charge in [0.25, 0.3) is 0 Å². The van der Waals surface area contributed by atoms with Crippen molar-refractivity contribution in [2.45, 2.75) is 63.6 Å². The van der Waals surface area contributed by atoms with Gasteiger partial charge in [0.05, 0.1) is 12.5 Å². The molecule has 1 saturated carbocycles. The van der Waals surface area contributed by atoms with Crippen LogP contribution < -0.4 is 5.32 Å². The van der Waals surface area contributed by atoms with E-state index in [4.69, 9.17) is 4.42 Å². The second-order valence-electron chi connectivity index (χ2n) is 6.32. The third-order valence-electron chi connectivity index (χ3n) is 4.98. The minimum atomic E-state index is 0.396. The molecule has 1 aromatic rings. The standard InChI is InChI=1S/C16H26N2O/c1-2-15-10-17-16(7-4-3-5-8-16)13-18(15)11-14-6-9-19-12-14/h6,9,12,15,17H,2-5,7-8,10-11,13H2,1H3. The van der Waals surface area contributed by atoms with Gasteiger partial charge in [-0.2, -0.15) is 0 Å². The third kappa shape index (κ3) is 2.87. The summed E-state index contributed by atoms with van der Waals surface area (Å²) in [5.74, 6) is 0. The monoisotopic (exact) mass is 262 g/mol. The minimum absolute atomic E-state index is 0.396.